The highest BCUT2D eigenvalue weighted by molar-refractivity contribution is 5.84. The molecule has 1 saturated carbocycles. The topological polar surface area (TPSA) is 40.5 Å². The van der Waals surface area contributed by atoms with Gasteiger partial charge in [-0.15, -0.1) is 0 Å². The van der Waals surface area contributed by atoms with Crippen LogP contribution in [0, 0.1) is 5.92 Å². The SMILES string of the molecule is CC(C(=O)N1CC(O)(C2CC2)C1)c1ccccc1. The number of amides is 1. The van der Waals surface area contributed by atoms with Gasteiger partial charge in [0.2, 0.25) is 5.91 Å². The second-order valence-electron chi connectivity index (χ2n) is 5.70. The third kappa shape index (κ3) is 1.93. The molecule has 18 heavy (non-hydrogen) atoms. The molecule has 0 spiro atoms. The molecule has 1 aliphatic heterocycles. The van der Waals surface area contributed by atoms with Crippen molar-refractivity contribution in [1.82, 2.24) is 4.90 Å². The molecule has 1 aromatic carbocycles. The summed E-state index contributed by atoms with van der Waals surface area (Å²) in [5.74, 6) is 0.454. The minimum absolute atomic E-state index is 0.116. The van der Waals surface area contributed by atoms with E-state index >= 15 is 0 Å². The van der Waals surface area contributed by atoms with Gasteiger partial charge < -0.3 is 10.0 Å². The van der Waals surface area contributed by atoms with Gasteiger partial charge in [-0.3, -0.25) is 4.79 Å². The van der Waals surface area contributed by atoms with Crippen LogP contribution in [0.5, 0.6) is 0 Å². The molecule has 0 bridgehead atoms. The second kappa shape index (κ2) is 4.09. The van der Waals surface area contributed by atoms with Crippen LogP contribution in [0.2, 0.25) is 0 Å². The minimum Gasteiger partial charge on any atom is -0.386 e. The fourth-order valence-electron chi connectivity index (χ4n) is 2.81. The Labute approximate surface area is 107 Å². The van der Waals surface area contributed by atoms with Crippen molar-refractivity contribution in [2.75, 3.05) is 13.1 Å². The van der Waals surface area contributed by atoms with Crippen molar-refractivity contribution in [2.45, 2.75) is 31.3 Å². The zero-order valence-electron chi connectivity index (χ0n) is 10.7. The fraction of sp³-hybridized carbons (Fsp3) is 0.533. The molecular formula is C15H19NO2. The first-order valence-corrected chi connectivity index (χ1v) is 6.66. The Bertz CT molecular complexity index is 447. The lowest BCUT2D eigenvalue weighted by Gasteiger charge is -2.47. The standard InChI is InChI=1S/C15H19NO2/c1-11(12-5-3-2-4-6-12)14(17)16-9-15(18,10-16)13-7-8-13/h2-6,11,13,18H,7-10H2,1H3. The summed E-state index contributed by atoms with van der Waals surface area (Å²) in [4.78, 5) is 14.1. The molecule has 96 valence electrons. The van der Waals surface area contributed by atoms with Gasteiger partial charge >= 0.3 is 0 Å². The maximum atomic E-state index is 12.3. The van der Waals surface area contributed by atoms with E-state index in [0.717, 1.165) is 18.4 Å². The van der Waals surface area contributed by atoms with Gasteiger partial charge in [-0.2, -0.15) is 0 Å². The average molecular weight is 245 g/mol. The average Bonchev–Trinajstić information content (AvgIpc) is 3.19. The van der Waals surface area contributed by atoms with Gasteiger partial charge in [0, 0.05) is 0 Å². The molecule has 3 heteroatoms. The van der Waals surface area contributed by atoms with Gasteiger partial charge in [0.15, 0.2) is 0 Å². The van der Waals surface area contributed by atoms with Gasteiger partial charge in [0.05, 0.1) is 19.0 Å². The lowest BCUT2D eigenvalue weighted by molar-refractivity contribution is -0.160. The Hall–Kier alpha value is -1.35. The van der Waals surface area contributed by atoms with E-state index in [-0.39, 0.29) is 11.8 Å². The lowest BCUT2D eigenvalue weighted by Crippen LogP contribution is -2.65. The van der Waals surface area contributed by atoms with Gasteiger partial charge in [-0.25, -0.2) is 0 Å². The highest BCUT2D eigenvalue weighted by atomic mass is 16.3. The number of β-amino-alcohol motifs (C(OH)–C–C–N with tert-alkyl or cyclic N) is 1. The van der Waals surface area contributed by atoms with E-state index in [4.69, 9.17) is 0 Å². The summed E-state index contributed by atoms with van der Waals surface area (Å²) in [6.45, 7) is 2.98. The van der Waals surface area contributed by atoms with Crippen LogP contribution in [0.25, 0.3) is 0 Å². The molecule has 2 aliphatic rings. The number of hydrogen-bond donors (Lipinski definition) is 1. The number of aliphatic hydroxyl groups is 1. The van der Waals surface area contributed by atoms with E-state index in [1.54, 1.807) is 4.90 Å². The Balaban J connectivity index is 1.63. The summed E-state index contributed by atoms with van der Waals surface area (Å²) >= 11 is 0. The Morgan fingerprint density at radius 1 is 1.33 bits per heavy atom. The van der Waals surface area contributed by atoms with Crippen molar-refractivity contribution in [1.29, 1.82) is 0 Å². The smallest absolute Gasteiger partial charge is 0.230 e. The molecule has 3 rings (SSSR count). The fourth-order valence-corrected chi connectivity index (χ4v) is 2.81. The largest absolute Gasteiger partial charge is 0.386 e. The summed E-state index contributed by atoms with van der Waals surface area (Å²) in [6, 6.07) is 9.83. The van der Waals surface area contributed by atoms with Crippen molar-refractivity contribution < 1.29 is 9.90 Å². The molecule has 0 aromatic heterocycles. The third-order valence-corrected chi connectivity index (χ3v) is 4.25. The number of likely N-dealkylation sites (tertiary alicyclic amines) is 1. The summed E-state index contributed by atoms with van der Waals surface area (Å²) in [6.07, 6.45) is 2.24. The van der Waals surface area contributed by atoms with Gasteiger partial charge in [-0.1, -0.05) is 30.3 Å². The summed E-state index contributed by atoms with van der Waals surface area (Å²) < 4.78 is 0. The van der Waals surface area contributed by atoms with Gasteiger partial charge in [0.1, 0.15) is 5.60 Å². The van der Waals surface area contributed by atoms with Crippen LogP contribution in [0.4, 0.5) is 0 Å². The maximum absolute atomic E-state index is 12.3. The van der Waals surface area contributed by atoms with Crippen LogP contribution in [0.15, 0.2) is 30.3 Å². The van der Waals surface area contributed by atoms with Gasteiger partial charge in [0.25, 0.3) is 0 Å². The molecule has 3 nitrogen and oxygen atoms in total. The molecular weight excluding hydrogens is 226 g/mol. The number of rotatable bonds is 3. The molecule has 1 heterocycles. The van der Waals surface area contributed by atoms with E-state index in [1.165, 1.54) is 0 Å². The number of nitrogens with zero attached hydrogens (tertiary/aromatic N) is 1. The number of benzene rings is 1. The number of hydrogen-bond acceptors (Lipinski definition) is 2. The van der Waals surface area contributed by atoms with Crippen molar-refractivity contribution in [2.24, 2.45) is 5.92 Å². The molecule has 1 saturated heterocycles. The number of carbonyl (C=O) groups is 1. The maximum Gasteiger partial charge on any atom is 0.230 e. The van der Waals surface area contributed by atoms with E-state index in [9.17, 15) is 9.90 Å². The molecule has 1 amide bonds. The summed E-state index contributed by atoms with van der Waals surface area (Å²) in [5.41, 5.74) is 0.468. The summed E-state index contributed by atoms with van der Waals surface area (Å²) in [5, 5.41) is 10.2. The zero-order chi connectivity index (χ0) is 12.8. The first-order chi connectivity index (χ1) is 8.60. The lowest BCUT2D eigenvalue weighted by atomic mass is 9.87. The monoisotopic (exact) mass is 245 g/mol. The highest BCUT2D eigenvalue weighted by Gasteiger charge is 2.53. The highest BCUT2D eigenvalue weighted by Crippen LogP contribution is 2.45. The molecule has 2 fully saturated rings. The molecule has 1 unspecified atom stereocenters. The Morgan fingerprint density at radius 2 is 1.94 bits per heavy atom. The molecule has 1 aliphatic carbocycles. The third-order valence-electron chi connectivity index (χ3n) is 4.25. The van der Waals surface area contributed by atoms with E-state index in [2.05, 4.69) is 0 Å². The van der Waals surface area contributed by atoms with Crippen LogP contribution in [-0.2, 0) is 4.79 Å². The predicted molar refractivity (Wildman–Crippen MR) is 69.1 cm³/mol. The van der Waals surface area contributed by atoms with Crippen molar-refractivity contribution >= 4 is 5.91 Å². The minimum atomic E-state index is -0.577. The predicted octanol–water partition coefficient (Wildman–Crippen LogP) is 1.77. The Morgan fingerprint density at radius 3 is 2.50 bits per heavy atom. The quantitative estimate of drug-likeness (QED) is 0.881. The van der Waals surface area contributed by atoms with Crippen molar-refractivity contribution in [3.63, 3.8) is 0 Å². The van der Waals surface area contributed by atoms with Crippen LogP contribution in [-0.4, -0.2) is 34.6 Å². The van der Waals surface area contributed by atoms with E-state index < -0.39 is 5.60 Å². The van der Waals surface area contributed by atoms with Crippen molar-refractivity contribution in [3.8, 4) is 0 Å². The van der Waals surface area contributed by atoms with Gasteiger partial charge in [-0.05, 0) is 31.2 Å². The van der Waals surface area contributed by atoms with Crippen LogP contribution in [0.1, 0.15) is 31.2 Å². The van der Waals surface area contributed by atoms with Crippen LogP contribution in [0.3, 0.4) is 0 Å². The Kier molecular flexibility index (Phi) is 2.67. The molecule has 1 aromatic rings. The molecule has 1 N–H and O–H groups in total. The van der Waals surface area contributed by atoms with E-state index in [0.29, 0.717) is 19.0 Å². The van der Waals surface area contributed by atoms with Crippen LogP contribution >= 0.6 is 0 Å². The van der Waals surface area contributed by atoms with E-state index in [1.807, 2.05) is 37.3 Å². The summed E-state index contributed by atoms with van der Waals surface area (Å²) in [7, 11) is 0. The zero-order valence-corrected chi connectivity index (χ0v) is 10.7. The van der Waals surface area contributed by atoms with Crippen molar-refractivity contribution in [3.05, 3.63) is 35.9 Å². The first kappa shape index (κ1) is 11.7. The first-order valence-electron chi connectivity index (χ1n) is 6.66. The molecule has 1 atom stereocenters. The molecule has 0 radical (unpaired) electrons. The van der Waals surface area contributed by atoms with Crippen LogP contribution < -0.4 is 0 Å². The normalized spacial score (nSPS) is 23.3. The number of carbonyl (C=O) groups excluding carboxylic acids is 1. The second-order valence-corrected chi connectivity index (χ2v) is 5.70.